The molecule has 0 bridgehead atoms. The maximum atomic E-state index is 12.8. The summed E-state index contributed by atoms with van der Waals surface area (Å²) >= 11 is 1.40. The molecular weight excluding hydrogens is 360 g/mol. The van der Waals surface area contributed by atoms with Gasteiger partial charge in [-0.3, -0.25) is 9.36 Å². The summed E-state index contributed by atoms with van der Waals surface area (Å²) in [5.74, 6) is 1.21. The van der Waals surface area contributed by atoms with E-state index in [0.29, 0.717) is 10.9 Å². The number of para-hydroxylation sites is 1. The van der Waals surface area contributed by atoms with E-state index in [1.165, 1.54) is 17.3 Å². The number of amides is 1. The lowest BCUT2D eigenvalue weighted by molar-refractivity contribution is -0.116. The number of nitrogens with zero attached hydrogens (tertiary/aromatic N) is 4. The number of methoxy groups -OCH3 is 1. The number of rotatable bonds is 5. The van der Waals surface area contributed by atoms with Gasteiger partial charge in [-0.2, -0.15) is 0 Å². The fourth-order valence-electron chi connectivity index (χ4n) is 3.24. The molecule has 0 saturated heterocycles. The molecule has 0 unspecified atom stereocenters. The van der Waals surface area contributed by atoms with E-state index in [9.17, 15) is 4.79 Å². The zero-order valence-corrected chi connectivity index (χ0v) is 15.9. The van der Waals surface area contributed by atoms with Crippen molar-refractivity contribution in [3.05, 3.63) is 60.4 Å². The Morgan fingerprint density at radius 1 is 1.19 bits per heavy atom. The molecule has 0 saturated carbocycles. The first-order valence-corrected chi connectivity index (χ1v) is 9.80. The van der Waals surface area contributed by atoms with Crippen LogP contribution in [0.5, 0.6) is 5.75 Å². The van der Waals surface area contributed by atoms with Gasteiger partial charge in [0, 0.05) is 17.9 Å². The summed E-state index contributed by atoms with van der Waals surface area (Å²) < 4.78 is 7.07. The second kappa shape index (κ2) is 7.84. The molecule has 0 N–H and O–H groups in total. The van der Waals surface area contributed by atoms with Crippen LogP contribution in [0.3, 0.4) is 0 Å². The number of thioether (sulfide) groups is 1. The Hall–Kier alpha value is -2.80. The highest BCUT2D eigenvalue weighted by Gasteiger charge is 2.22. The largest absolute Gasteiger partial charge is 0.497 e. The van der Waals surface area contributed by atoms with E-state index >= 15 is 0 Å². The third kappa shape index (κ3) is 3.68. The van der Waals surface area contributed by atoms with Crippen molar-refractivity contribution in [1.82, 2.24) is 14.8 Å². The van der Waals surface area contributed by atoms with Gasteiger partial charge < -0.3 is 9.64 Å². The maximum Gasteiger partial charge on any atom is 0.237 e. The van der Waals surface area contributed by atoms with E-state index < -0.39 is 0 Å². The third-order valence-electron chi connectivity index (χ3n) is 4.60. The van der Waals surface area contributed by atoms with Gasteiger partial charge >= 0.3 is 0 Å². The molecule has 3 aromatic rings. The van der Waals surface area contributed by atoms with Crippen LogP contribution in [0.15, 0.2) is 60.0 Å². The van der Waals surface area contributed by atoms with Crippen LogP contribution >= 0.6 is 11.8 Å². The molecule has 0 spiro atoms. The molecule has 7 heteroatoms. The lowest BCUT2D eigenvalue weighted by Crippen LogP contribution is -2.36. The zero-order valence-electron chi connectivity index (χ0n) is 15.0. The highest BCUT2D eigenvalue weighted by atomic mass is 32.2. The van der Waals surface area contributed by atoms with Crippen LogP contribution in [0.25, 0.3) is 5.69 Å². The van der Waals surface area contributed by atoms with Gasteiger partial charge in [0.15, 0.2) is 5.16 Å². The average molecular weight is 380 g/mol. The maximum absolute atomic E-state index is 12.8. The van der Waals surface area contributed by atoms with Crippen molar-refractivity contribution in [3.8, 4) is 11.4 Å². The summed E-state index contributed by atoms with van der Waals surface area (Å²) in [4.78, 5) is 14.7. The average Bonchev–Trinajstić information content (AvgIpc) is 3.20. The Kier molecular flexibility index (Phi) is 5.11. The van der Waals surface area contributed by atoms with E-state index in [1.54, 1.807) is 13.4 Å². The Labute approximate surface area is 162 Å². The van der Waals surface area contributed by atoms with Crippen molar-refractivity contribution in [2.75, 3.05) is 24.3 Å². The first-order chi connectivity index (χ1) is 13.3. The molecule has 1 amide bonds. The number of carbonyl (C=O) groups is 1. The molecular formula is C20H20N4O2S. The normalized spacial score (nSPS) is 13.3. The molecule has 0 fully saturated rings. The van der Waals surface area contributed by atoms with Crippen LogP contribution in [-0.4, -0.2) is 40.1 Å². The standard InChI is InChI=1S/C20H20N4O2S/c1-26-17-10-8-16(9-11-17)24-14-21-22-20(24)27-13-19(25)23-12-4-6-15-5-2-3-7-18(15)23/h2-3,5,7-11,14H,4,6,12-13H2,1H3. The number of aryl methyl sites for hydroxylation is 1. The molecule has 0 atom stereocenters. The molecule has 6 nitrogen and oxygen atoms in total. The van der Waals surface area contributed by atoms with Crippen molar-refractivity contribution in [1.29, 1.82) is 0 Å². The van der Waals surface area contributed by atoms with Crippen LogP contribution in [0.1, 0.15) is 12.0 Å². The quantitative estimate of drug-likeness (QED) is 0.636. The van der Waals surface area contributed by atoms with E-state index in [0.717, 1.165) is 36.5 Å². The van der Waals surface area contributed by atoms with Gasteiger partial charge in [-0.05, 0) is 48.7 Å². The highest BCUT2D eigenvalue weighted by Crippen LogP contribution is 2.28. The number of carbonyl (C=O) groups excluding carboxylic acids is 1. The number of hydrogen-bond donors (Lipinski definition) is 0. The fourth-order valence-corrected chi connectivity index (χ4v) is 4.04. The summed E-state index contributed by atoms with van der Waals surface area (Å²) in [7, 11) is 1.64. The van der Waals surface area contributed by atoms with E-state index in [1.807, 2.05) is 51.9 Å². The number of aromatic nitrogens is 3. The van der Waals surface area contributed by atoms with Crippen LogP contribution < -0.4 is 9.64 Å². The molecule has 2 heterocycles. The van der Waals surface area contributed by atoms with Gasteiger partial charge in [0.25, 0.3) is 0 Å². The molecule has 1 aromatic heterocycles. The Bertz CT molecular complexity index is 939. The highest BCUT2D eigenvalue weighted by molar-refractivity contribution is 7.99. The zero-order chi connectivity index (χ0) is 18.6. The molecule has 4 rings (SSSR count). The summed E-state index contributed by atoms with van der Waals surface area (Å²) in [6, 6.07) is 15.8. The van der Waals surface area contributed by atoms with Crippen molar-refractivity contribution < 1.29 is 9.53 Å². The SMILES string of the molecule is COc1ccc(-n2cnnc2SCC(=O)N2CCCc3ccccc32)cc1. The Morgan fingerprint density at radius 3 is 2.81 bits per heavy atom. The Morgan fingerprint density at radius 2 is 2.00 bits per heavy atom. The van der Waals surface area contributed by atoms with Crippen molar-refractivity contribution in [2.45, 2.75) is 18.0 Å². The molecule has 0 radical (unpaired) electrons. The lowest BCUT2D eigenvalue weighted by Gasteiger charge is -2.29. The lowest BCUT2D eigenvalue weighted by atomic mass is 10.0. The van der Waals surface area contributed by atoms with Gasteiger partial charge in [-0.1, -0.05) is 30.0 Å². The van der Waals surface area contributed by atoms with Crippen LogP contribution in [0.2, 0.25) is 0 Å². The third-order valence-corrected chi connectivity index (χ3v) is 5.53. The van der Waals surface area contributed by atoms with Crippen LogP contribution in [0, 0.1) is 0 Å². The predicted molar refractivity (Wildman–Crippen MR) is 106 cm³/mol. The predicted octanol–water partition coefficient (Wildman–Crippen LogP) is 3.35. The summed E-state index contributed by atoms with van der Waals surface area (Å²) in [5, 5.41) is 8.87. The Balaban J connectivity index is 1.47. The number of hydrogen-bond acceptors (Lipinski definition) is 5. The molecule has 27 heavy (non-hydrogen) atoms. The van der Waals surface area contributed by atoms with Crippen molar-refractivity contribution >= 4 is 23.4 Å². The van der Waals surface area contributed by atoms with E-state index in [4.69, 9.17) is 4.74 Å². The number of benzene rings is 2. The molecule has 1 aliphatic heterocycles. The first-order valence-electron chi connectivity index (χ1n) is 8.82. The molecule has 0 aliphatic carbocycles. The van der Waals surface area contributed by atoms with Gasteiger partial charge in [0.05, 0.1) is 12.9 Å². The molecule has 138 valence electrons. The minimum atomic E-state index is 0.0939. The van der Waals surface area contributed by atoms with Gasteiger partial charge in [-0.15, -0.1) is 10.2 Å². The van der Waals surface area contributed by atoms with Crippen molar-refractivity contribution in [3.63, 3.8) is 0 Å². The van der Waals surface area contributed by atoms with E-state index in [2.05, 4.69) is 16.3 Å². The second-order valence-electron chi connectivity index (χ2n) is 6.25. The number of fused-ring (bicyclic) bond motifs is 1. The summed E-state index contributed by atoms with van der Waals surface area (Å²) in [5.41, 5.74) is 3.20. The monoisotopic (exact) mass is 380 g/mol. The smallest absolute Gasteiger partial charge is 0.237 e. The fraction of sp³-hybridized carbons (Fsp3) is 0.250. The minimum absolute atomic E-state index is 0.0939. The topological polar surface area (TPSA) is 60.2 Å². The van der Waals surface area contributed by atoms with Crippen LogP contribution in [-0.2, 0) is 11.2 Å². The van der Waals surface area contributed by atoms with Crippen molar-refractivity contribution in [2.24, 2.45) is 0 Å². The summed E-state index contributed by atoms with van der Waals surface area (Å²) in [6.45, 7) is 0.765. The van der Waals surface area contributed by atoms with E-state index in [-0.39, 0.29) is 5.91 Å². The molecule has 1 aliphatic rings. The van der Waals surface area contributed by atoms with Crippen LogP contribution in [0.4, 0.5) is 5.69 Å². The van der Waals surface area contributed by atoms with Gasteiger partial charge in [0.2, 0.25) is 5.91 Å². The second-order valence-corrected chi connectivity index (χ2v) is 7.19. The van der Waals surface area contributed by atoms with Gasteiger partial charge in [-0.25, -0.2) is 0 Å². The minimum Gasteiger partial charge on any atom is -0.497 e. The number of ether oxygens (including phenoxy) is 1. The number of anilines is 1. The van der Waals surface area contributed by atoms with Gasteiger partial charge in [0.1, 0.15) is 12.1 Å². The first kappa shape index (κ1) is 17.6. The molecule has 2 aromatic carbocycles. The summed E-state index contributed by atoms with van der Waals surface area (Å²) in [6.07, 6.45) is 3.68.